The molecule has 0 saturated carbocycles. The van der Waals surface area contributed by atoms with Gasteiger partial charge in [0.15, 0.2) is 0 Å². The number of hydrogen-bond donors (Lipinski definition) is 2. The van der Waals surface area contributed by atoms with Gasteiger partial charge in [0.1, 0.15) is 10.4 Å². The van der Waals surface area contributed by atoms with Crippen LogP contribution in [-0.2, 0) is 0 Å². The summed E-state index contributed by atoms with van der Waals surface area (Å²) in [5.41, 5.74) is 5.65. The van der Waals surface area contributed by atoms with Gasteiger partial charge in [0.05, 0.1) is 0 Å². The van der Waals surface area contributed by atoms with Crippen LogP contribution in [0.1, 0.15) is 46.0 Å². The zero-order chi connectivity index (χ0) is 12.7. The number of halogens is 1. The molecule has 0 aliphatic carbocycles. The van der Waals surface area contributed by atoms with E-state index in [0.717, 1.165) is 6.42 Å². The third kappa shape index (κ3) is 5.86. The zero-order valence-corrected chi connectivity index (χ0v) is 12.1. The molecule has 0 fully saturated rings. The summed E-state index contributed by atoms with van der Waals surface area (Å²) in [5, 5.41) is 3.27. The number of aromatic nitrogens is 2. The van der Waals surface area contributed by atoms with Gasteiger partial charge in [0.25, 0.3) is 0 Å². The van der Waals surface area contributed by atoms with Gasteiger partial charge in [-0.25, -0.2) is 4.98 Å². The molecule has 1 atom stereocenters. The molecule has 3 N–H and O–H groups in total. The molecule has 96 valence electrons. The molecule has 4 nitrogen and oxygen atoms in total. The van der Waals surface area contributed by atoms with E-state index in [1.807, 2.05) is 0 Å². The molecule has 5 heteroatoms. The predicted molar refractivity (Wildman–Crippen MR) is 76.0 cm³/mol. The largest absolute Gasteiger partial charge is 0.383 e. The summed E-state index contributed by atoms with van der Waals surface area (Å²) in [6, 6.07) is 2.07. The fourth-order valence-corrected chi connectivity index (χ4v) is 2.07. The third-order valence-corrected chi connectivity index (χ3v) is 2.99. The second-order valence-corrected chi connectivity index (χ2v) is 5.15. The van der Waals surface area contributed by atoms with Crippen molar-refractivity contribution >= 4 is 27.7 Å². The van der Waals surface area contributed by atoms with Gasteiger partial charge in [-0.2, -0.15) is 4.98 Å². The van der Waals surface area contributed by atoms with Gasteiger partial charge in [0.2, 0.25) is 5.95 Å². The molecule has 0 bridgehead atoms. The van der Waals surface area contributed by atoms with Crippen LogP contribution >= 0.6 is 15.9 Å². The van der Waals surface area contributed by atoms with Gasteiger partial charge >= 0.3 is 0 Å². The Morgan fingerprint density at radius 2 is 2.12 bits per heavy atom. The molecule has 0 aromatic carbocycles. The van der Waals surface area contributed by atoms with Gasteiger partial charge in [-0.05, 0) is 29.3 Å². The van der Waals surface area contributed by atoms with E-state index in [1.165, 1.54) is 25.7 Å². The van der Waals surface area contributed by atoms with E-state index in [9.17, 15) is 0 Å². The fourth-order valence-electron chi connectivity index (χ4n) is 1.67. The molecule has 0 aliphatic rings. The molecule has 0 saturated heterocycles. The van der Waals surface area contributed by atoms with Crippen molar-refractivity contribution in [1.82, 2.24) is 9.97 Å². The highest BCUT2D eigenvalue weighted by Gasteiger charge is 2.05. The van der Waals surface area contributed by atoms with Crippen LogP contribution in [0.5, 0.6) is 0 Å². The van der Waals surface area contributed by atoms with Crippen LogP contribution in [0, 0.1) is 0 Å². The Balaban J connectivity index is 2.36. The maximum absolute atomic E-state index is 5.65. The highest BCUT2D eigenvalue weighted by molar-refractivity contribution is 9.10. The van der Waals surface area contributed by atoms with Crippen LogP contribution in [-0.4, -0.2) is 16.0 Å². The number of nitrogens with two attached hydrogens (primary N) is 1. The second kappa shape index (κ2) is 7.48. The predicted octanol–water partition coefficient (Wildman–Crippen LogP) is 3.59. The smallest absolute Gasteiger partial charge is 0.225 e. The summed E-state index contributed by atoms with van der Waals surface area (Å²) in [5.74, 6) is 1.08. The molecular weight excluding hydrogens is 280 g/mol. The van der Waals surface area contributed by atoms with E-state index in [4.69, 9.17) is 5.73 Å². The lowest BCUT2D eigenvalue weighted by molar-refractivity contribution is 0.591. The lowest BCUT2D eigenvalue weighted by Crippen LogP contribution is -2.17. The molecule has 1 rings (SSSR count). The van der Waals surface area contributed by atoms with Gasteiger partial charge in [-0.15, -0.1) is 0 Å². The minimum Gasteiger partial charge on any atom is -0.383 e. The first kappa shape index (κ1) is 14.2. The molecule has 17 heavy (non-hydrogen) atoms. The molecule has 0 spiro atoms. The van der Waals surface area contributed by atoms with E-state index < -0.39 is 0 Å². The lowest BCUT2D eigenvalue weighted by atomic mass is 10.1. The summed E-state index contributed by atoms with van der Waals surface area (Å²) in [6.07, 6.45) is 6.26. The molecule has 1 aromatic rings. The number of unbranched alkanes of at least 4 members (excludes halogenated alkanes) is 3. The van der Waals surface area contributed by atoms with E-state index in [0.29, 0.717) is 22.4 Å². The van der Waals surface area contributed by atoms with Gasteiger partial charge in [-0.1, -0.05) is 32.6 Å². The van der Waals surface area contributed by atoms with Crippen molar-refractivity contribution in [2.24, 2.45) is 0 Å². The van der Waals surface area contributed by atoms with E-state index in [1.54, 1.807) is 6.07 Å². The molecule has 1 heterocycles. The van der Waals surface area contributed by atoms with Crippen molar-refractivity contribution in [1.29, 1.82) is 0 Å². The number of nitrogens with zero attached hydrogens (tertiary/aromatic N) is 2. The molecular formula is C12H21BrN4. The first-order chi connectivity index (χ1) is 8.11. The van der Waals surface area contributed by atoms with Crippen molar-refractivity contribution < 1.29 is 0 Å². The Labute approximate surface area is 112 Å². The summed E-state index contributed by atoms with van der Waals surface area (Å²) in [6.45, 7) is 4.37. The number of nitrogens with one attached hydrogen (secondary N) is 1. The summed E-state index contributed by atoms with van der Waals surface area (Å²) >= 11 is 3.30. The number of rotatable bonds is 7. The van der Waals surface area contributed by atoms with Crippen LogP contribution in [0.4, 0.5) is 11.8 Å². The average molecular weight is 301 g/mol. The van der Waals surface area contributed by atoms with Crippen molar-refractivity contribution in [3.63, 3.8) is 0 Å². The maximum atomic E-state index is 5.65. The van der Waals surface area contributed by atoms with Crippen LogP contribution in [0.2, 0.25) is 0 Å². The van der Waals surface area contributed by atoms with Crippen LogP contribution in [0.15, 0.2) is 10.7 Å². The Hall–Kier alpha value is -0.840. The average Bonchev–Trinajstić information content (AvgIpc) is 2.23. The Morgan fingerprint density at radius 3 is 2.76 bits per heavy atom. The Bertz CT molecular complexity index is 323. The second-order valence-electron chi connectivity index (χ2n) is 4.33. The minimum absolute atomic E-state index is 0.376. The monoisotopic (exact) mass is 300 g/mol. The fraction of sp³-hybridized carbons (Fsp3) is 0.667. The number of hydrogen-bond acceptors (Lipinski definition) is 4. The highest BCUT2D eigenvalue weighted by atomic mass is 79.9. The van der Waals surface area contributed by atoms with Crippen molar-refractivity contribution in [2.75, 3.05) is 11.1 Å². The minimum atomic E-state index is 0.376. The van der Waals surface area contributed by atoms with E-state index in [-0.39, 0.29) is 0 Å². The molecule has 1 aromatic heterocycles. The summed E-state index contributed by atoms with van der Waals surface area (Å²) < 4.78 is 0.714. The maximum Gasteiger partial charge on any atom is 0.225 e. The molecule has 0 radical (unpaired) electrons. The Morgan fingerprint density at radius 1 is 1.35 bits per heavy atom. The number of nitrogen functional groups attached to an aromatic ring is 1. The topological polar surface area (TPSA) is 63.8 Å². The SMILES string of the molecule is CCCCCCC(C)Nc1nc(N)cc(Br)n1. The molecule has 0 aliphatic heterocycles. The van der Waals surface area contributed by atoms with Crippen molar-refractivity contribution in [3.05, 3.63) is 10.7 Å². The van der Waals surface area contributed by atoms with Crippen LogP contribution in [0.25, 0.3) is 0 Å². The zero-order valence-electron chi connectivity index (χ0n) is 10.5. The Kier molecular flexibility index (Phi) is 6.26. The number of anilines is 2. The van der Waals surface area contributed by atoms with Crippen LogP contribution in [0.3, 0.4) is 0 Å². The van der Waals surface area contributed by atoms with Gasteiger partial charge < -0.3 is 11.1 Å². The van der Waals surface area contributed by atoms with E-state index in [2.05, 4.69) is 45.1 Å². The van der Waals surface area contributed by atoms with Crippen LogP contribution < -0.4 is 11.1 Å². The quantitative estimate of drug-likeness (QED) is 0.596. The van der Waals surface area contributed by atoms with Gasteiger partial charge in [0, 0.05) is 12.1 Å². The summed E-state index contributed by atoms with van der Waals surface area (Å²) in [7, 11) is 0. The summed E-state index contributed by atoms with van der Waals surface area (Å²) in [4.78, 5) is 8.38. The van der Waals surface area contributed by atoms with E-state index >= 15 is 0 Å². The van der Waals surface area contributed by atoms with Crippen molar-refractivity contribution in [3.8, 4) is 0 Å². The first-order valence-electron chi connectivity index (χ1n) is 6.18. The molecule has 1 unspecified atom stereocenters. The lowest BCUT2D eigenvalue weighted by Gasteiger charge is -2.13. The third-order valence-electron chi connectivity index (χ3n) is 2.58. The molecule has 0 amide bonds. The first-order valence-corrected chi connectivity index (χ1v) is 6.97. The standard InChI is InChI=1S/C12H21BrN4/c1-3-4-5-6-7-9(2)15-12-16-10(13)8-11(14)17-12/h8-9H,3-7H2,1-2H3,(H3,14,15,16,17). The van der Waals surface area contributed by atoms with Crippen molar-refractivity contribution in [2.45, 2.75) is 52.0 Å². The highest BCUT2D eigenvalue weighted by Crippen LogP contribution is 2.14. The normalized spacial score (nSPS) is 12.4. The van der Waals surface area contributed by atoms with Gasteiger partial charge in [-0.3, -0.25) is 0 Å².